The molecule has 0 atom stereocenters. The van der Waals surface area contributed by atoms with Crippen molar-refractivity contribution in [2.75, 3.05) is 85.8 Å². The molecule has 2 aromatic rings. The zero-order chi connectivity index (χ0) is 37.2. The van der Waals surface area contributed by atoms with Crippen LogP contribution in [0, 0.1) is 10.1 Å². The summed E-state index contributed by atoms with van der Waals surface area (Å²) in [6.07, 6.45) is -1.39. The van der Waals surface area contributed by atoms with E-state index in [2.05, 4.69) is 5.32 Å². The lowest BCUT2D eigenvalue weighted by molar-refractivity contribution is -0.384. The first-order chi connectivity index (χ1) is 24.5. The molecule has 17 heteroatoms. The van der Waals surface area contributed by atoms with Gasteiger partial charge in [0.2, 0.25) is 0 Å². The van der Waals surface area contributed by atoms with Crippen molar-refractivity contribution in [2.45, 2.75) is 39.4 Å². The summed E-state index contributed by atoms with van der Waals surface area (Å²) in [7, 11) is 0. The van der Waals surface area contributed by atoms with Crippen LogP contribution in [0.5, 0.6) is 11.5 Å². The molecule has 2 rings (SSSR count). The number of ether oxygens (including phenoxy) is 10. The number of hydrogen-bond donors (Lipinski definition) is 1. The number of amides is 1. The molecule has 284 valence electrons. The van der Waals surface area contributed by atoms with E-state index in [0.717, 1.165) is 0 Å². The van der Waals surface area contributed by atoms with Crippen LogP contribution in [0.4, 0.5) is 15.3 Å². The van der Waals surface area contributed by atoms with Gasteiger partial charge in [0.25, 0.3) is 5.69 Å². The minimum atomic E-state index is -0.970. The van der Waals surface area contributed by atoms with Crippen molar-refractivity contribution < 1.29 is 66.7 Å². The Labute approximate surface area is 296 Å². The van der Waals surface area contributed by atoms with Crippen LogP contribution in [0.1, 0.15) is 32.8 Å². The highest BCUT2D eigenvalue weighted by molar-refractivity contribution is 5.72. The molecule has 1 amide bonds. The van der Waals surface area contributed by atoms with Crippen LogP contribution in [-0.4, -0.2) is 115 Å². The Morgan fingerprint density at radius 2 is 1.10 bits per heavy atom. The summed E-state index contributed by atoms with van der Waals surface area (Å²) in [5, 5.41) is 13.3. The second-order valence-corrected chi connectivity index (χ2v) is 11.4. The molecular weight excluding hydrogens is 676 g/mol. The number of esters is 1. The smallest absolute Gasteiger partial charge is 0.444 e. The molecule has 0 unspecified atom stereocenters. The number of hydrogen-bond acceptors (Lipinski definition) is 15. The van der Waals surface area contributed by atoms with Gasteiger partial charge in [-0.05, 0) is 50.6 Å². The lowest BCUT2D eigenvalue weighted by Crippen LogP contribution is -2.34. The first kappa shape index (κ1) is 42.8. The molecule has 0 heterocycles. The van der Waals surface area contributed by atoms with Gasteiger partial charge in [-0.1, -0.05) is 12.1 Å². The van der Waals surface area contributed by atoms with Crippen LogP contribution in [-0.2, 0) is 49.3 Å². The average molecular weight is 725 g/mol. The molecule has 1 N–H and O–H groups in total. The largest absolute Gasteiger partial charge is 0.514 e. The third-order valence-electron chi connectivity index (χ3n) is 5.99. The molecule has 2 aromatic carbocycles. The van der Waals surface area contributed by atoms with Crippen molar-refractivity contribution in [3.63, 3.8) is 0 Å². The Kier molecular flexibility index (Phi) is 21.4. The van der Waals surface area contributed by atoms with Crippen LogP contribution < -0.4 is 14.8 Å². The number of benzene rings is 2. The van der Waals surface area contributed by atoms with Gasteiger partial charge in [0.1, 0.15) is 23.7 Å². The summed E-state index contributed by atoms with van der Waals surface area (Å²) in [6.45, 7) is 10.2. The van der Waals surface area contributed by atoms with Gasteiger partial charge in [0.15, 0.2) is 0 Å². The molecule has 0 aliphatic rings. The molecule has 0 fully saturated rings. The Hall–Kier alpha value is -4.39. The van der Waals surface area contributed by atoms with E-state index < -0.39 is 28.7 Å². The lowest BCUT2D eigenvalue weighted by Gasteiger charge is -2.19. The number of nitrogens with one attached hydrogen (secondary N) is 1. The summed E-state index contributed by atoms with van der Waals surface area (Å²) >= 11 is 0. The molecule has 17 nitrogen and oxygen atoms in total. The van der Waals surface area contributed by atoms with Crippen LogP contribution in [0.2, 0.25) is 0 Å². The highest BCUT2D eigenvalue weighted by Crippen LogP contribution is 2.18. The molecule has 0 aliphatic carbocycles. The fourth-order valence-corrected chi connectivity index (χ4v) is 3.64. The Morgan fingerprint density at radius 3 is 1.59 bits per heavy atom. The maximum absolute atomic E-state index is 12.1. The summed E-state index contributed by atoms with van der Waals surface area (Å²) in [5.74, 6) is -0.0372. The van der Waals surface area contributed by atoms with Gasteiger partial charge in [-0.2, -0.15) is 0 Å². The SMILES string of the molecule is CC(C)(C)OC(=O)NCCOCCOCCOCCOCCOCCOCCC(=O)Oc1ccc(COC(=O)Oc2ccc([N+](=O)[O-])cc2)cc1. The number of alkyl carbamates (subject to hydrolysis) is 1. The van der Waals surface area contributed by atoms with Crippen molar-refractivity contribution >= 4 is 23.9 Å². The van der Waals surface area contributed by atoms with Crippen LogP contribution in [0.25, 0.3) is 0 Å². The third-order valence-corrected chi connectivity index (χ3v) is 5.99. The predicted molar refractivity (Wildman–Crippen MR) is 180 cm³/mol. The van der Waals surface area contributed by atoms with Crippen LogP contribution >= 0.6 is 0 Å². The highest BCUT2D eigenvalue weighted by Gasteiger charge is 2.15. The summed E-state index contributed by atoms with van der Waals surface area (Å²) in [4.78, 5) is 45.6. The van der Waals surface area contributed by atoms with E-state index >= 15 is 0 Å². The number of nitrogens with zero attached hydrogens (tertiary/aromatic N) is 1. The highest BCUT2D eigenvalue weighted by atomic mass is 16.7. The molecule has 0 aliphatic heterocycles. The van der Waals surface area contributed by atoms with Gasteiger partial charge in [-0.25, -0.2) is 9.59 Å². The number of non-ortho nitro benzene ring substituents is 1. The first-order valence-corrected chi connectivity index (χ1v) is 16.3. The van der Waals surface area contributed by atoms with Gasteiger partial charge >= 0.3 is 18.2 Å². The van der Waals surface area contributed by atoms with Crippen molar-refractivity contribution in [3.8, 4) is 11.5 Å². The fraction of sp³-hybridized carbons (Fsp3) is 0.559. The van der Waals surface area contributed by atoms with E-state index in [0.29, 0.717) is 90.5 Å². The molecular formula is C34H48N2O15. The molecule has 0 saturated carbocycles. The van der Waals surface area contributed by atoms with Crippen molar-refractivity contribution in [3.05, 3.63) is 64.2 Å². The van der Waals surface area contributed by atoms with E-state index in [-0.39, 0.29) is 31.1 Å². The number of carbonyl (C=O) groups is 3. The summed E-state index contributed by atoms with van der Waals surface area (Å²) in [6, 6.07) is 11.4. The average Bonchev–Trinajstić information content (AvgIpc) is 3.08. The van der Waals surface area contributed by atoms with Crippen LogP contribution in [0.15, 0.2) is 48.5 Å². The number of rotatable bonds is 26. The molecule has 0 spiro atoms. The third kappa shape index (κ3) is 22.9. The minimum absolute atomic E-state index is 0.0520. The second kappa shape index (κ2) is 25.5. The van der Waals surface area contributed by atoms with Gasteiger partial charge in [-0.15, -0.1) is 0 Å². The Balaban J connectivity index is 1.34. The maximum Gasteiger partial charge on any atom is 0.514 e. The van der Waals surface area contributed by atoms with Gasteiger partial charge in [0, 0.05) is 18.7 Å². The summed E-state index contributed by atoms with van der Waals surface area (Å²) in [5.41, 5.74) is -0.0336. The normalized spacial score (nSPS) is 11.1. The zero-order valence-corrected chi connectivity index (χ0v) is 29.3. The van der Waals surface area contributed by atoms with E-state index in [4.69, 9.17) is 47.4 Å². The van der Waals surface area contributed by atoms with Gasteiger partial charge in [0.05, 0.1) is 90.6 Å². The summed E-state index contributed by atoms with van der Waals surface area (Å²) < 4.78 is 52.9. The topological polar surface area (TPSA) is 199 Å². The minimum Gasteiger partial charge on any atom is -0.444 e. The fourth-order valence-electron chi connectivity index (χ4n) is 3.64. The standard InChI is InChI=1S/C34H48N2O15/c1-34(2,3)51-32(38)35-13-15-43-17-19-45-21-23-47-25-24-46-22-20-44-18-16-42-14-12-31(37)49-29-8-4-27(5-9-29)26-48-33(39)50-30-10-6-28(7-11-30)36(40)41/h4-11H,12-26H2,1-3H3,(H,35,38). The zero-order valence-electron chi connectivity index (χ0n) is 29.3. The Morgan fingerprint density at radius 1 is 0.647 bits per heavy atom. The Bertz CT molecular complexity index is 1280. The maximum atomic E-state index is 12.1. The van der Waals surface area contributed by atoms with Gasteiger partial charge < -0.3 is 52.7 Å². The van der Waals surface area contributed by atoms with E-state index in [1.54, 1.807) is 45.0 Å². The number of nitro groups is 1. The van der Waals surface area contributed by atoms with E-state index in [1.807, 2.05) is 0 Å². The number of carbonyl (C=O) groups excluding carboxylic acids is 3. The van der Waals surface area contributed by atoms with E-state index in [9.17, 15) is 24.5 Å². The second-order valence-electron chi connectivity index (χ2n) is 11.4. The number of nitro benzene ring substituents is 1. The predicted octanol–water partition coefficient (Wildman–Crippen LogP) is 4.23. The molecule has 51 heavy (non-hydrogen) atoms. The molecule has 0 aromatic heterocycles. The molecule has 0 radical (unpaired) electrons. The monoisotopic (exact) mass is 724 g/mol. The van der Waals surface area contributed by atoms with Gasteiger partial charge in [-0.3, -0.25) is 14.9 Å². The first-order valence-electron chi connectivity index (χ1n) is 16.3. The van der Waals surface area contributed by atoms with Crippen LogP contribution in [0.3, 0.4) is 0 Å². The van der Waals surface area contributed by atoms with Crippen molar-refractivity contribution in [2.24, 2.45) is 0 Å². The lowest BCUT2D eigenvalue weighted by atomic mass is 10.2. The molecule has 0 saturated heterocycles. The van der Waals surface area contributed by atoms with Crippen molar-refractivity contribution in [1.29, 1.82) is 0 Å². The van der Waals surface area contributed by atoms with E-state index in [1.165, 1.54) is 24.3 Å². The quantitative estimate of drug-likeness (QED) is 0.0361. The van der Waals surface area contributed by atoms with Crippen molar-refractivity contribution in [1.82, 2.24) is 5.32 Å². The molecule has 0 bridgehead atoms.